The lowest BCUT2D eigenvalue weighted by atomic mass is 9.97. The number of aryl methyl sites for hydroxylation is 1. The lowest BCUT2D eigenvalue weighted by molar-refractivity contribution is -0.125. The third-order valence-electron chi connectivity index (χ3n) is 5.79. The molecule has 6 nitrogen and oxygen atoms in total. The summed E-state index contributed by atoms with van der Waals surface area (Å²) in [6.45, 7) is 4.11. The number of hydrogen-bond acceptors (Lipinski definition) is 5. The number of methoxy groups -OCH3 is 1. The van der Waals surface area contributed by atoms with Gasteiger partial charge in [-0.2, -0.15) is 0 Å². The number of benzene rings is 2. The van der Waals surface area contributed by atoms with E-state index >= 15 is 0 Å². The summed E-state index contributed by atoms with van der Waals surface area (Å²) in [4.78, 5) is 14.9. The third-order valence-corrected chi connectivity index (χ3v) is 5.79. The van der Waals surface area contributed by atoms with E-state index in [4.69, 9.17) is 4.74 Å². The highest BCUT2D eigenvalue weighted by Crippen LogP contribution is 2.25. The van der Waals surface area contributed by atoms with Crippen LogP contribution in [0.2, 0.25) is 0 Å². The van der Waals surface area contributed by atoms with Crippen molar-refractivity contribution in [1.29, 1.82) is 0 Å². The lowest BCUT2D eigenvalue weighted by Gasteiger charge is -2.32. The molecule has 1 atom stereocenters. The van der Waals surface area contributed by atoms with Gasteiger partial charge in [-0.1, -0.05) is 36.4 Å². The summed E-state index contributed by atoms with van der Waals surface area (Å²) in [5.41, 5.74) is 4.16. The second-order valence-corrected chi connectivity index (χ2v) is 7.95. The maximum Gasteiger partial charge on any atom is 0.225 e. The second-order valence-electron chi connectivity index (χ2n) is 7.95. The topological polar surface area (TPSA) is 67.3 Å². The molecule has 0 radical (unpaired) electrons. The van der Waals surface area contributed by atoms with Gasteiger partial charge >= 0.3 is 0 Å². The van der Waals surface area contributed by atoms with Crippen LogP contribution in [0.15, 0.2) is 60.7 Å². The second kappa shape index (κ2) is 9.60. The summed E-state index contributed by atoms with van der Waals surface area (Å²) in [5.74, 6) is 1.64. The molecule has 1 N–H and O–H groups in total. The molecule has 1 aliphatic rings. The zero-order valence-electron chi connectivity index (χ0n) is 18.0. The van der Waals surface area contributed by atoms with Crippen LogP contribution in [-0.2, 0) is 11.3 Å². The monoisotopic (exact) mass is 416 g/mol. The third kappa shape index (κ3) is 5.02. The Kier molecular flexibility index (Phi) is 6.46. The molecule has 4 rings (SSSR count). The summed E-state index contributed by atoms with van der Waals surface area (Å²) in [5, 5.41) is 12.0. The minimum absolute atomic E-state index is 0.0581. The number of hydrogen-bond donors (Lipinski definition) is 1. The number of carbonyl (C=O) groups is 1. The fourth-order valence-electron chi connectivity index (χ4n) is 4.01. The SMILES string of the molecule is COc1cccc(CNC(=O)C2CCCN(c3ccc(-c4ccccc4C)nn3)C2)c1. The number of anilines is 1. The highest BCUT2D eigenvalue weighted by atomic mass is 16.5. The molecule has 160 valence electrons. The van der Waals surface area contributed by atoms with Crippen LogP contribution in [0.1, 0.15) is 24.0 Å². The van der Waals surface area contributed by atoms with Gasteiger partial charge in [0.2, 0.25) is 5.91 Å². The maximum absolute atomic E-state index is 12.8. The van der Waals surface area contributed by atoms with Crippen LogP contribution in [0, 0.1) is 12.8 Å². The van der Waals surface area contributed by atoms with Crippen molar-refractivity contribution >= 4 is 11.7 Å². The van der Waals surface area contributed by atoms with Crippen LogP contribution < -0.4 is 15.0 Å². The molecule has 1 aromatic heterocycles. The molecule has 1 aliphatic heterocycles. The molecule has 2 heterocycles. The molecule has 1 saturated heterocycles. The smallest absolute Gasteiger partial charge is 0.225 e. The van der Waals surface area contributed by atoms with Gasteiger partial charge in [-0.3, -0.25) is 4.79 Å². The molecule has 1 fully saturated rings. The molecule has 1 amide bonds. The number of carbonyl (C=O) groups excluding carboxylic acids is 1. The van der Waals surface area contributed by atoms with E-state index in [2.05, 4.69) is 39.5 Å². The molecule has 0 spiro atoms. The van der Waals surface area contributed by atoms with Crippen molar-refractivity contribution in [3.63, 3.8) is 0 Å². The van der Waals surface area contributed by atoms with Crippen LogP contribution >= 0.6 is 0 Å². The van der Waals surface area contributed by atoms with E-state index in [1.807, 2.05) is 48.5 Å². The first-order valence-corrected chi connectivity index (χ1v) is 10.7. The van der Waals surface area contributed by atoms with Gasteiger partial charge in [0.1, 0.15) is 5.75 Å². The minimum atomic E-state index is -0.0581. The van der Waals surface area contributed by atoms with E-state index in [1.54, 1.807) is 7.11 Å². The van der Waals surface area contributed by atoms with E-state index in [-0.39, 0.29) is 11.8 Å². The summed E-state index contributed by atoms with van der Waals surface area (Å²) in [7, 11) is 1.64. The Morgan fingerprint density at radius 1 is 1.13 bits per heavy atom. The molecule has 0 bridgehead atoms. The largest absolute Gasteiger partial charge is 0.497 e. The number of nitrogens with zero attached hydrogens (tertiary/aromatic N) is 3. The van der Waals surface area contributed by atoms with Crippen LogP contribution in [0.25, 0.3) is 11.3 Å². The van der Waals surface area contributed by atoms with E-state index < -0.39 is 0 Å². The van der Waals surface area contributed by atoms with Crippen molar-refractivity contribution in [2.24, 2.45) is 5.92 Å². The lowest BCUT2D eigenvalue weighted by Crippen LogP contribution is -2.43. The molecule has 0 saturated carbocycles. The Morgan fingerprint density at radius 2 is 2.00 bits per heavy atom. The van der Waals surface area contributed by atoms with Crippen LogP contribution in [0.4, 0.5) is 5.82 Å². The Labute approximate surface area is 183 Å². The quantitative estimate of drug-likeness (QED) is 0.658. The first-order chi connectivity index (χ1) is 15.1. The highest BCUT2D eigenvalue weighted by Gasteiger charge is 2.26. The van der Waals surface area contributed by atoms with Crippen molar-refractivity contribution in [2.75, 3.05) is 25.1 Å². The Morgan fingerprint density at radius 3 is 2.77 bits per heavy atom. The Balaban J connectivity index is 1.37. The van der Waals surface area contributed by atoms with Gasteiger partial charge in [0.05, 0.1) is 18.7 Å². The molecule has 0 aliphatic carbocycles. The Hall–Kier alpha value is -3.41. The molecule has 1 unspecified atom stereocenters. The van der Waals surface area contributed by atoms with E-state index in [0.717, 1.165) is 47.8 Å². The predicted molar refractivity (Wildman–Crippen MR) is 122 cm³/mol. The van der Waals surface area contributed by atoms with Crippen molar-refractivity contribution in [1.82, 2.24) is 15.5 Å². The number of aromatic nitrogens is 2. The van der Waals surface area contributed by atoms with Gasteiger partial charge in [0.25, 0.3) is 0 Å². The van der Waals surface area contributed by atoms with Crippen molar-refractivity contribution in [3.8, 4) is 17.0 Å². The van der Waals surface area contributed by atoms with Crippen molar-refractivity contribution in [3.05, 3.63) is 71.8 Å². The zero-order valence-corrected chi connectivity index (χ0v) is 18.0. The Bertz CT molecular complexity index is 1040. The van der Waals surface area contributed by atoms with Crippen molar-refractivity contribution < 1.29 is 9.53 Å². The van der Waals surface area contributed by atoms with Gasteiger partial charge in [-0.15, -0.1) is 10.2 Å². The number of rotatable bonds is 6. The molecule has 2 aromatic carbocycles. The van der Waals surface area contributed by atoms with Crippen LogP contribution in [0.5, 0.6) is 5.75 Å². The molecule has 6 heteroatoms. The van der Waals surface area contributed by atoms with Gasteiger partial charge in [-0.25, -0.2) is 0 Å². The summed E-state index contributed by atoms with van der Waals surface area (Å²) in [6.07, 6.45) is 1.84. The van der Waals surface area contributed by atoms with E-state index in [9.17, 15) is 4.79 Å². The average molecular weight is 417 g/mol. The van der Waals surface area contributed by atoms with Gasteiger partial charge in [0.15, 0.2) is 5.82 Å². The molecule has 3 aromatic rings. The summed E-state index contributed by atoms with van der Waals surface area (Å²) in [6, 6.07) is 19.9. The summed E-state index contributed by atoms with van der Waals surface area (Å²) < 4.78 is 5.25. The normalized spacial score (nSPS) is 16.1. The fourth-order valence-corrected chi connectivity index (χ4v) is 4.01. The van der Waals surface area contributed by atoms with Crippen LogP contribution in [-0.4, -0.2) is 36.3 Å². The maximum atomic E-state index is 12.8. The van der Waals surface area contributed by atoms with Gasteiger partial charge < -0.3 is 15.0 Å². The van der Waals surface area contributed by atoms with Gasteiger partial charge in [-0.05, 0) is 55.2 Å². The number of ether oxygens (including phenoxy) is 1. The molecular weight excluding hydrogens is 388 g/mol. The number of nitrogens with one attached hydrogen (secondary N) is 1. The first-order valence-electron chi connectivity index (χ1n) is 10.7. The van der Waals surface area contributed by atoms with E-state index in [1.165, 1.54) is 5.56 Å². The van der Waals surface area contributed by atoms with Crippen LogP contribution in [0.3, 0.4) is 0 Å². The number of amides is 1. The standard InChI is InChI=1S/C25H28N4O2/c1-18-7-3-4-11-22(18)23-12-13-24(28-27-23)29-14-6-9-20(17-29)25(30)26-16-19-8-5-10-21(15-19)31-2/h3-5,7-8,10-13,15,20H,6,9,14,16-17H2,1-2H3,(H,26,30). The fraction of sp³-hybridized carbons (Fsp3) is 0.320. The van der Waals surface area contributed by atoms with Gasteiger partial charge in [0, 0.05) is 25.2 Å². The predicted octanol–water partition coefficient (Wildman–Crippen LogP) is 3.99. The van der Waals surface area contributed by atoms with E-state index in [0.29, 0.717) is 13.1 Å². The molecular formula is C25H28N4O2. The summed E-state index contributed by atoms with van der Waals surface area (Å²) >= 11 is 0. The zero-order chi connectivity index (χ0) is 21.6. The van der Waals surface area contributed by atoms with Crippen molar-refractivity contribution in [2.45, 2.75) is 26.3 Å². The minimum Gasteiger partial charge on any atom is -0.497 e. The highest BCUT2D eigenvalue weighted by molar-refractivity contribution is 5.79. The molecule has 31 heavy (non-hydrogen) atoms. The first kappa shape index (κ1) is 20.8. The number of piperidine rings is 1. The average Bonchev–Trinajstić information content (AvgIpc) is 2.83.